The van der Waals surface area contributed by atoms with Gasteiger partial charge in [0.25, 0.3) is 5.91 Å². The Morgan fingerprint density at radius 1 is 1.29 bits per heavy atom. The van der Waals surface area contributed by atoms with E-state index < -0.39 is 6.10 Å². The van der Waals surface area contributed by atoms with Crippen molar-refractivity contribution in [3.63, 3.8) is 0 Å². The second-order valence-corrected chi connectivity index (χ2v) is 6.08. The number of benzene rings is 2. The summed E-state index contributed by atoms with van der Waals surface area (Å²) in [7, 11) is 0. The van der Waals surface area contributed by atoms with Crippen molar-refractivity contribution in [2.45, 2.75) is 25.5 Å². The third-order valence-electron chi connectivity index (χ3n) is 3.81. The van der Waals surface area contributed by atoms with Crippen molar-refractivity contribution < 1.29 is 14.3 Å². The van der Waals surface area contributed by atoms with Crippen molar-refractivity contribution >= 4 is 29.1 Å². The number of ether oxygens (including phenoxy) is 1. The van der Waals surface area contributed by atoms with E-state index in [1.807, 2.05) is 37.3 Å². The molecule has 1 heterocycles. The Bertz CT molecular complexity index is 764. The largest absolute Gasteiger partial charge is 0.478 e. The molecule has 0 unspecified atom stereocenters. The summed E-state index contributed by atoms with van der Waals surface area (Å²) in [5.41, 5.74) is 1.52. The second kappa shape index (κ2) is 6.93. The van der Waals surface area contributed by atoms with Crippen LogP contribution in [0.25, 0.3) is 0 Å². The molecule has 2 atom stereocenters. The van der Waals surface area contributed by atoms with Crippen molar-refractivity contribution in [1.82, 2.24) is 5.32 Å². The molecular formula is C18H17ClN2O3. The zero-order valence-electron chi connectivity index (χ0n) is 13.1. The molecule has 3 rings (SSSR count). The van der Waals surface area contributed by atoms with Gasteiger partial charge < -0.3 is 15.4 Å². The first kappa shape index (κ1) is 16.3. The molecule has 0 spiro atoms. The number of halogens is 1. The second-order valence-electron chi connectivity index (χ2n) is 5.64. The van der Waals surface area contributed by atoms with Gasteiger partial charge in [0.1, 0.15) is 5.75 Å². The summed E-state index contributed by atoms with van der Waals surface area (Å²) >= 11 is 5.89. The summed E-state index contributed by atoms with van der Waals surface area (Å²) < 4.78 is 5.63. The first-order chi connectivity index (χ1) is 11.5. The number of nitrogens with one attached hydrogen (secondary N) is 2. The predicted molar refractivity (Wildman–Crippen MR) is 92.1 cm³/mol. The van der Waals surface area contributed by atoms with Crippen LogP contribution in [0.15, 0.2) is 48.5 Å². The van der Waals surface area contributed by atoms with Gasteiger partial charge in [-0.05, 0) is 30.7 Å². The monoisotopic (exact) mass is 344 g/mol. The predicted octanol–water partition coefficient (Wildman–Crippen LogP) is 3.31. The number of hydrogen-bond donors (Lipinski definition) is 2. The normalized spacial score (nSPS) is 17.2. The fraction of sp³-hybridized carbons (Fsp3) is 0.222. The molecule has 0 saturated carbocycles. The molecule has 24 heavy (non-hydrogen) atoms. The Labute approximate surface area is 145 Å². The van der Waals surface area contributed by atoms with Gasteiger partial charge in [-0.25, -0.2) is 0 Å². The zero-order valence-corrected chi connectivity index (χ0v) is 13.8. The van der Waals surface area contributed by atoms with Crippen LogP contribution in [0.3, 0.4) is 0 Å². The lowest BCUT2D eigenvalue weighted by Crippen LogP contribution is -2.41. The van der Waals surface area contributed by atoms with Crippen molar-refractivity contribution in [3.8, 4) is 5.75 Å². The van der Waals surface area contributed by atoms with Gasteiger partial charge >= 0.3 is 0 Å². The maximum Gasteiger partial charge on any atom is 0.266 e. The average molecular weight is 345 g/mol. The van der Waals surface area contributed by atoms with Crippen LogP contribution in [-0.2, 0) is 9.59 Å². The maximum absolute atomic E-state index is 12.2. The van der Waals surface area contributed by atoms with E-state index in [1.54, 1.807) is 18.2 Å². The van der Waals surface area contributed by atoms with E-state index in [0.717, 1.165) is 5.56 Å². The van der Waals surface area contributed by atoms with E-state index in [2.05, 4.69) is 10.6 Å². The average Bonchev–Trinajstić information content (AvgIpc) is 2.56. The Balaban J connectivity index is 1.62. The van der Waals surface area contributed by atoms with Gasteiger partial charge in [0.2, 0.25) is 5.91 Å². The molecular weight excluding hydrogens is 328 g/mol. The summed E-state index contributed by atoms with van der Waals surface area (Å²) in [6.45, 7) is 1.90. The number of rotatable bonds is 4. The third-order valence-corrected chi connectivity index (χ3v) is 4.04. The highest BCUT2D eigenvalue weighted by atomic mass is 35.5. The standard InChI is InChI=1S/C18H17ClN2O3/c1-11(12-5-3-2-4-6-12)20-17(22)10-16-18(23)21-14-9-13(19)7-8-15(14)24-16/h2-9,11,16H,10H2,1H3,(H,20,22)(H,21,23)/t11-,16+/m0/s1. The molecule has 0 aliphatic carbocycles. The smallest absolute Gasteiger partial charge is 0.266 e. The molecule has 0 saturated heterocycles. The van der Waals surface area contributed by atoms with Gasteiger partial charge in [0.05, 0.1) is 18.2 Å². The first-order valence-corrected chi connectivity index (χ1v) is 8.02. The van der Waals surface area contributed by atoms with Crippen molar-refractivity contribution in [1.29, 1.82) is 0 Å². The number of carbonyl (C=O) groups is 2. The van der Waals surface area contributed by atoms with Crippen LogP contribution < -0.4 is 15.4 Å². The Morgan fingerprint density at radius 3 is 2.79 bits per heavy atom. The van der Waals surface area contributed by atoms with Gasteiger partial charge in [-0.15, -0.1) is 0 Å². The van der Waals surface area contributed by atoms with Crippen LogP contribution in [-0.4, -0.2) is 17.9 Å². The summed E-state index contributed by atoms with van der Waals surface area (Å²) in [5, 5.41) is 6.09. The van der Waals surface area contributed by atoms with Crippen LogP contribution in [0.2, 0.25) is 5.02 Å². The molecule has 124 valence electrons. The molecule has 2 aromatic carbocycles. The van der Waals surface area contributed by atoms with E-state index in [4.69, 9.17) is 16.3 Å². The Kier molecular flexibility index (Phi) is 4.71. The van der Waals surface area contributed by atoms with E-state index >= 15 is 0 Å². The van der Waals surface area contributed by atoms with E-state index in [0.29, 0.717) is 16.5 Å². The first-order valence-electron chi connectivity index (χ1n) is 7.64. The lowest BCUT2D eigenvalue weighted by Gasteiger charge is -2.26. The lowest BCUT2D eigenvalue weighted by atomic mass is 10.1. The van der Waals surface area contributed by atoms with Gasteiger partial charge in [-0.2, -0.15) is 0 Å². The quantitative estimate of drug-likeness (QED) is 0.894. The number of anilines is 1. The highest BCUT2D eigenvalue weighted by molar-refractivity contribution is 6.31. The number of amides is 2. The minimum absolute atomic E-state index is 0.0505. The summed E-state index contributed by atoms with van der Waals surface area (Å²) in [6, 6.07) is 14.4. The number of fused-ring (bicyclic) bond motifs is 1. The Morgan fingerprint density at radius 2 is 2.04 bits per heavy atom. The van der Waals surface area contributed by atoms with Gasteiger partial charge in [0.15, 0.2) is 6.10 Å². The van der Waals surface area contributed by atoms with Crippen molar-refractivity contribution in [2.75, 3.05) is 5.32 Å². The highest BCUT2D eigenvalue weighted by Crippen LogP contribution is 2.32. The van der Waals surface area contributed by atoms with Gasteiger partial charge in [-0.3, -0.25) is 9.59 Å². The molecule has 6 heteroatoms. The topological polar surface area (TPSA) is 67.4 Å². The zero-order chi connectivity index (χ0) is 17.1. The maximum atomic E-state index is 12.2. The van der Waals surface area contributed by atoms with E-state index in [-0.39, 0.29) is 24.3 Å². The molecule has 2 N–H and O–H groups in total. The molecule has 5 nitrogen and oxygen atoms in total. The summed E-state index contributed by atoms with van der Waals surface area (Å²) in [6.07, 6.45) is -0.910. The number of carbonyl (C=O) groups excluding carboxylic acids is 2. The van der Waals surface area contributed by atoms with Crippen LogP contribution >= 0.6 is 11.6 Å². The fourth-order valence-electron chi connectivity index (χ4n) is 2.55. The van der Waals surface area contributed by atoms with Crippen molar-refractivity contribution in [2.24, 2.45) is 0 Å². The van der Waals surface area contributed by atoms with Crippen molar-refractivity contribution in [3.05, 3.63) is 59.1 Å². The van der Waals surface area contributed by atoms with Crippen LogP contribution in [0.5, 0.6) is 5.75 Å². The lowest BCUT2D eigenvalue weighted by molar-refractivity contribution is -0.130. The molecule has 2 amide bonds. The minimum atomic E-state index is -0.860. The number of hydrogen-bond acceptors (Lipinski definition) is 3. The van der Waals surface area contributed by atoms with Crippen LogP contribution in [0, 0.1) is 0 Å². The molecule has 1 aliphatic heterocycles. The molecule has 0 aromatic heterocycles. The van der Waals surface area contributed by atoms with E-state index in [9.17, 15) is 9.59 Å². The van der Waals surface area contributed by atoms with E-state index in [1.165, 1.54) is 0 Å². The van der Waals surface area contributed by atoms with Crippen LogP contribution in [0.4, 0.5) is 5.69 Å². The fourth-order valence-corrected chi connectivity index (χ4v) is 2.72. The van der Waals surface area contributed by atoms with Crippen LogP contribution in [0.1, 0.15) is 24.9 Å². The molecule has 2 aromatic rings. The molecule has 0 radical (unpaired) electrons. The summed E-state index contributed by atoms with van der Waals surface area (Å²) in [5.74, 6) is -0.0934. The molecule has 1 aliphatic rings. The SMILES string of the molecule is C[C@H](NC(=O)C[C@H]1Oc2ccc(Cl)cc2NC1=O)c1ccccc1. The highest BCUT2D eigenvalue weighted by Gasteiger charge is 2.30. The molecule has 0 bridgehead atoms. The van der Waals surface area contributed by atoms with Gasteiger partial charge in [0, 0.05) is 5.02 Å². The Hall–Kier alpha value is -2.53. The van der Waals surface area contributed by atoms with Gasteiger partial charge in [-0.1, -0.05) is 41.9 Å². The third kappa shape index (κ3) is 3.68. The minimum Gasteiger partial charge on any atom is -0.478 e. The summed E-state index contributed by atoms with van der Waals surface area (Å²) in [4.78, 5) is 24.3. The molecule has 0 fully saturated rings.